The van der Waals surface area contributed by atoms with Crippen LogP contribution in [0.15, 0.2) is 24.3 Å². The number of nitrogen functional groups attached to an aromatic ring is 1. The van der Waals surface area contributed by atoms with E-state index < -0.39 is 5.79 Å². The van der Waals surface area contributed by atoms with Gasteiger partial charge in [-0.2, -0.15) is 0 Å². The lowest BCUT2D eigenvalue weighted by molar-refractivity contribution is -0.176. The molecule has 3 nitrogen and oxygen atoms in total. The zero-order chi connectivity index (χ0) is 12.5. The van der Waals surface area contributed by atoms with E-state index in [-0.39, 0.29) is 12.2 Å². The van der Waals surface area contributed by atoms with E-state index in [1.165, 1.54) is 0 Å². The Morgan fingerprint density at radius 1 is 1.24 bits per heavy atom. The summed E-state index contributed by atoms with van der Waals surface area (Å²) >= 11 is 0. The van der Waals surface area contributed by atoms with Crippen molar-refractivity contribution in [1.29, 1.82) is 0 Å². The molecular formula is C14H20NO2. The molecule has 17 heavy (non-hydrogen) atoms. The maximum Gasteiger partial charge on any atom is 0.169 e. The minimum absolute atomic E-state index is 0.170. The lowest BCUT2D eigenvalue weighted by atomic mass is 10.0. The number of para-hydroxylation sites is 1. The van der Waals surface area contributed by atoms with Gasteiger partial charge in [-0.1, -0.05) is 32.0 Å². The van der Waals surface area contributed by atoms with Gasteiger partial charge in [0.05, 0.1) is 6.10 Å². The highest BCUT2D eigenvalue weighted by Gasteiger charge is 2.44. The van der Waals surface area contributed by atoms with Crippen LogP contribution < -0.4 is 5.73 Å². The highest BCUT2D eigenvalue weighted by Crippen LogP contribution is 2.43. The molecule has 0 bridgehead atoms. The fraction of sp³-hybridized carbons (Fsp3) is 0.500. The average molecular weight is 234 g/mol. The van der Waals surface area contributed by atoms with E-state index in [1.54, 1.807) is 0 Å². The Bertz CT molecular complexity index is 388. The Labute approximate surface area is 103 Å². The van der Waals surface area contributed by atoms with E-state index in [2.05, 4.69) is 20.8 Å². The molecular weight excluding hydrogens is 214 g/mol. The molecule has 1 heterocycles. The minimum Gasteiger partial charge on any atom is -0.398 e. The first-order valence-electron chi connectivity index (χ1n) is 6.15. The van der Waals surface area contributed by atoms with E-state index in [4.69, 9.17) is 15.2 Å². The van der Waals surface area contributed by atoms with Crippen LogP contribution in [0.1, 0.15) is 38.4 Å². The van der Waals surface area contributed by atoms with Crippen LogP contribution in [-0.2, 0) is 9.47 Å². The topological polar surface area (TPSA) is 44.5 Å². The first-order chi connectivity index (χ1) is 8.12. The maximum absolute atomic E-state index is 6.06. The van der Waals surface area contributed by atoms with Crippen LogP contribution in [0.25, 0.3) is 0 Å². The number of nitrogens with two attached hydrogens (primary N) is 1. The Hall–Kier alpha value is -1.06. The first kappa shape index (κ1) is 12.4. The highest BCUT2D eigenvalue weighted by molar-refractivity contribution is 5.48. The van der Waals surface area contributed by atoms with Gasteiger partial charge in [0, 0.05) is 11.3 Å². The highest BCUT2D eigenvalue weighted by atomic mass is 16.8. The van der Waals surface area contributed by atoms with Crippen molar-refractivity contribution >= 4 is 5.69 Å². The standard InChI is InChI=1S/C14H20NO2/c1-4-14(5-2)16-10(3)13(17-14)11-8-6-7-9-12(11)15/h6-10,13H,3-5,15H2,1-2H3/t10-,13+/m1/s1. The predicted molar refractivity (Wildman–Crippen MR) is 68.2 cm³/mol. The second-order valence-electron chi connectivity index (χ2n) is 4.44. The van der Waals surface area contributed by atoms with Crippen molar-refractivity contribution in [3.05, 3.63) is 36.8 Å². The molecule has 0 aliphatic carbocycles. The van der Waals surface area contributed by atoms with Crippen molar-refractivity contribution in [3.8, 4) is 0 Å². The lowest BCUT2D eigenvalue weighted by Gasteiger charge is -2.25. The predicted octanol–water partition coefficient (Wildman–Crippen LogP) is 3.08. The number of hydrogen-bond acceptors (Lipinski definition) is 3. The molecule has 2 atom stereocenters. The quantitative estimate of drug-likeness (QED) is 0.817. The Balaban J connectivity index is 2.27. The number of anilines is 1. The lowest BCUT2D eigenvalue weighted by Crippen LogP contribution is -2.28. The van der Waals surface area contributed by atoms with Gasteiger partial charge in [0.25, 0.3) is 0 Å². The van der Waals surface area contributed by atoms with Gasteiger partial charge in [-0.15, -0.1) is 0 Å². The van der Waals surface area contributed by atoms with Crippen LogP contribution in [0.3, 0.4) is 0 Å². The van der Waals surface area contributed by atoms with E-state index in [0.717, 1.165) is 24.1 Å². The molecule has 0 spiro atoms. The largest absolute Gasteiger partial charge is 0.398 e. The van der Waals surface area contributed by atoms with Gasteiger partial charge < -0.3 is 15.2 Å². The number of rotatable bonds is 3. The first-order valence-corrected chi connectivity index (χ1v) is 6.15. The minimum atomic E-state index is -0.501. The number of hydrogen-bond donors (Lipinski definition) is 1. The summed E-state index contributed by atoms with van der Waals surface area (Å²) in [4.78, 5) is 0. The van der Waals surface area contributed by atoms with Crippen molar-refractivity contribution in [3.63, 3.8) is 0 Å². The number of ether oxygens (including phenoxy) is 2. The third kappa shape index (κ3) is 2.17. The van der Waals surface area contributed by atoms with Crippen LogP contribution in [0.2, 0.25) is 0 Å². The van der Waals surface area contributed by atoms with Crippen molar-refractivity contribution in [2.75, 3.05) is 5.73 Å². The van der Waals surface area contributed by atoms with E-state index in [1.807, 2.05) is 24.3 Å². The fourth-order valence-corrected chi connectivity index (χ4v) is 2.29. The summed E-state index contributed by atoms with van der Waals surface area (Å²) in [6.45, 7) is 8.15. The summed E-state index contributed by atoms with van der Waals surface area (Å²) in [5.41, 5.74) is 7.67. The molecule has 1 aliphatic rings. The molecule has 1 aromatic carbocycles. The smallest absolute Gasteiger partial charge is 0.169 e. The van der Waals surface area contributed by atoms with Gasteiger partial charge in [-0.25, -0.2) is 0 Å². The Kier molecular flexibility index (Phi) is 3.40. The molecule has 0 saturated carbocycles. The third-order valence-electron chi connectivity index (χ3n) is 3.43. The van der Waals surface area contributed by atoms with Crippen LogP contribution in [0, 0.1) is 6.92 Å². The fourth-order valence-electron chi connectivity index (χ4n) is 2.29. The Morgan fingerprint density at radius 3 is 2.41 bits per heavy atom. The molecule has 0 amide bonds. The summed E-state index contributed by atoms with van der Waals surface area (Å²) in [5.74, 6) is -0.501. The second-order valence-corrected chi connectivity index (χ2v) is 4.44. The molecule has 1 aromatic rings. The molecule has 1 aliphatic heterocycles. The summed E-state index contributed by atoms with van der Waals surface area (Å²) in [6.07, 6.45) is 1.26. The summed E-state index contributed by atoms with van der Waals surface area (Å²) in [6, 6.07) is 7.73. The third-order valence-corrected chi connectivity index (χ3v) is 3.43. The summed E-state index contributed by atoms with van der Waals surface area (Å²) < 4.78 is 11.9. The van der Waals surface area contributed by atoms with Crippen LogP contribution in [0.5, 0.6) is 0 Å². The van der Waals surface area contributed by atoms with Crippen LogP contribution in [0.4, 0.5) is 5.69 Å². The molecule has 1 saturated heterocycles. The molecule has 1 radical (unpaired) electrons. The monoisotopic (exact) mass is 234 g/mol. The van der Waals surface area contributed by atoms with Gasteiger partial charge in [0.15, 0.2) is 5.79 Å². The van der Waals surface area contributed by atoms with E-state index >= 15 is 0 Å². The molecule has 2 rings (SSSR count). The normalized spacial score (nSPS) is 27.2. The average Bonchev–Trinajstić information content (AvgIpc) is 2.68. The molecule has 0 aromatic heterocycles. The maximum atomic E-state index is 6.06. The zero-order valence-electron chi connectivity index (χ0n) is 10.5. The van der Waals surface area contributed by atoms with Crippen LogP contribution >= 0.6 is 0 Å². The van der Waals surface area contributed by atoms with E-state index in [9.17, 15) is 0 Å². The van der Waals surface area contributed by atoms with Crippen molar-refractivity contribution in [1.82, 2.24) is 0 Å². The molecule has 3 heteroatoms. The van der Waals surface area contributed by atoms with Gasteiger partial charge >= 0.3 is 0 Å². The zero-order valence-corrected chi connectivity index (χ0v) is 10.5. The van der Waals surface area contributed by atoms with Crippen molar-refractivity contribution in [2.45, 2.75) is 44.7 Å². The molecule has 2 N–H and O–H groups in total. The molecule has 0 unspecified atom stereocenters. The molecule has 93 valence electrons. The van der Waals surface area contributed by atoms with Crippen LogP contribution in [-0.4, -0.2) is 11.9 Å². The summed E-state index contributed by atoms with van der Waals surface area (Å²) in [7, 11) is 0. The summed E-state index contributed by atoms with van der Waals surface area (Å²) in [5, 5.41) is 0. The van der Waals surface area contributed by atoms with E-state index in [0.29, 0.717) is 0 Å². The van der Waals surface area contributed by atoms with Gasteiger partial charge in [-0.05, 0) is 25.8 Å². The van der Waals surface area contributed by atoms with Gasteiger partial charge in [0.2, 0.25) is 0 Å². The Morgan fingerprint density at radius 2 is 1.88 bits per heavy atom. The van der Waals surface area contributed by atoms with Gasteiger partial charge in [-0.3, -0.25) is 0 Å². The molecule has 1 fully saturated rings. The van der Waals surface area contributed by atoms with Gasteiger partial charge in [0.1, 0.15) is 6.10 Å². The second kappa shape index (κ2) is 4.67. The van der Waals surface area contributed by atoms with Crippen molar-refractivity contribution < 1.29 is 9.47 Å². The van der Waals surface area contributed by atoms with Crippen molar-refractivity contribution in [2.24, 2.45) is 0 Å². The number of benzene rings is 1. The SMILES string of the molecule is [CH2][C@H]1OC(CC)(CC)O[C@@H]1c1ccccc1N.